The highest BCUT2D eigenvalue weighted by Crippen LogP contribution is 2.19. The highest BCUT2D eigenvalue weighted by Gasteiger charge is 2.07. The molecule has 0 radical (unpaired) electrons. The molecule has 0 amide bonds. The monoisotopic (exact) mass is 275 g/mol. The number of nitrogens with one attached hydrogen (secondary N) is 1. The summed E-state index contributed by atoms with van der Waals surface area (Å²) in [5.74, 6) is 0.928. The minimum atomic E-state index is -0.300. The van der Waals surface area contributed by atoms with E-state index in [1.54, 1.807) is 19.2 Å². The normalized spacial score (nSPS) is 10.6. The number of methoxy groups -OCH3 is 1. The predicted molar refractivity (Wildman–Crippen MR) is 76.9 cm³/mol. The molecule has 0 bridgehead atoms. The average molecular weight is 275 g/mol. The molecular weight excluding hydrogens is 257 g/mol. The van der Waals surface area contributed by atoms with Crippen molar-refractivity contribution in [3.05, 3.63) is 41.8 Å². The molecule has 2 aromatic rings. The third-order valence-electron chi connectivity index (χ3n) is 2.71. The lowest BCUT2D eigenvalue weighted by Gasteiger charge is -2.09. The number of ether oxygens (including phenoxy) is 1. The van der Waals surface area contributed by atoms with Crippen molar-refractivity contribution in [1.29, 1.82) is 0 Å². The Morgan fingerprint density at radius 1 is 1.25 bits per heavy atom. The second kappa shape index (κ2) is 6.96. The molecule has 106 valence electrons. The number of aromatic nitrogens is 2. The summed E-state index contributed by atoms with van der Waals surface area (Å²) in [6.07, 6.45) is 0.999. The lowest BCUT2D eigenvalue weighted by molar-refractivity contribution is 0.181. The van der Waals surface area contributed by atoms with Crippen molar-refractivity contribution < 1.29 is 9.13 Å². The molecule has 0 aliphatic carbocycles. The van der Waals surface area contributed by atoms with Crippen LogP contribution in [0.2, 0.25) is 0 Å². The minimum absolute atomic E-state index is 0.300. The van der Waals surface area contributed by atoms with Gasteiger partial charge in [-0.2, -0.15) is 0 Å². The Labute approximate surface area is 118 Å². The van der Waals surface area contributed by atoms with Gasteiger partial charge in [-0.1, -0.05) is 19.1 Å². The standard InChI is InChI=1S/C15H18FN3O/c1-3-7-17-14-9-13(10-20-2)18-15(19-14)11-5-4-6-12(16)8-11/h4-6,8-9H,3,7,10H2,1-2H3,(H,17,18,19). The van der Waals surface area contributed by atoms with Crippen LogP contribution in [0.15, 0.2) is 30.3 Å². The van der Waals surface area contributed by atoms with Gasteiger partial charge >= 0.3 is 0 Å². The number of nitrogens with zero attached hydrogens (tertiary/aromatic N) is 2. The SMILES string of the molecule is CCCNc1cc(COC)nc(-c2cccc(F)c2)n1. The van der Waals surface area contributed by atoms with E-state index in [0.717, 1.165) is 24.5 Å². The summed E-state index contributed by atoms with van der Waals surface area (Å²) in [6.45, 7) is 3.30. The van der Waals surface area contributed by atoms with E-state index in [1.807, 2.05) is 6.07 Å². The Hall–Kier alpha value is -2.01. The second-order valence-electron chi connectivity index (χ2n) is 4.44. The van der Waals surface area contributed by atoms with Gasteiger partial charge in [0.2, 0.25) is 0 Å². The summed E-state index contributed by atoms with van der Waals surface area (Å²) in [4.78, 5) is 8.82. The first kappa shape index (κ1) is 14.4. The van der Waals surface area contributed by atoms with Crippen molar-refractivity contribution in [2.45, 2.75) is 20.0 Å². The van der Waals surface area contributed by atoms with Crippen molar-refractivity contribution in [3.63, 3.8) is 0 Å². The maximum atomic E-state index is 13.3. The van der Waals surface area contributed by atoms with Crippen molar-refractivity contribution in [2.24, 2.45) is 0 Å². The van der Waals surface area contributed by atoms with Crippen LogP contribution in [0.4, 0.5) is 10.2 Å². The molecule has 4 nitrogen and oxygen atoms in total. The highest BCUT2D eigenvalue weighted by molar-refractivity contribution is 5.57. The minimum Gasteiger partial charge on any atom is -0.378 e. The van der Waals surface area contributed by atoms with E-state index in [0.29, 0.717) is 18.0 Å². The lowest BCUT2D eigenvalue weighted by Crippen LogP contribution is -2.06. The third kappa shape index (κ3) is 3.74. The van der Waals surface area contributed by atoms with E-state index >= 15 is 0 Å². The average Bonchev–Trinajstić information content (AvgIpc) is 2.45. The fourth-order valence-electron chi connectivity index (χ4n) is 1.82. The van der Waals surface area contributed by atoms with Gasteiger partial charge in [-0.05, 0) is 18.6 Å². The van der Waals surface area contributed by atoms with Gasteiger partial charge in [0.15, 0.2) is 5.82 Å². The van der Waals surface area contributed by atoms with E-state index in [1.165, 1.54) is 12.1 Å². The van der Waals surface area contributed by atoms with Crippen molar-refractivity contribution in [1.82, 2.24) is 9.97 Å². The van der Waals surface area contributed by atoms with Crippen LogP contribution in [-0.4, -0.2) is 23.6 Å². The first-order valence-electron chi connectivity index (χ1n) is 6.59. The van der Waals surface area contributed by atoms with Crippen LogP contribution < -0.4 is 5.32 Å². The zero-order valence-electron chi connectivity index (χ0n) is 11.7. The molecule has 0 spiro atoms. The van der Waals surface area contributed by atoms with Gasteiger partial charge in [0.05, 0.1) is 12.3 Å². The molecule has 0 atom stereocenters. The molecule has 0 fully saturated rings. The van der Waals surface area contributed by atoms with Crippen LogP contribution in [0.3, 0.4) is 0 Å². The fraction of sp³-hybridized carbons (Fsp3) is 0.333. The topological polar surface area (TPSA) is 47.0 Å². The van der Waals surface area contributed by atoms with Gasteiger partial charge in [-0.25, -0.2) is 14.4 Å². The molecule has 1 heterocycles. The molecule has 0 saturated carbocycles. The van der Waals surface area contributed by atoms with Crippen LogP contribution in [0.5, 0.6) is 0 Å². The van der Waals surface area contributed by atoms with Crippen LogP contribution in [-0.2, 0) is 11.3 Å². The molecular formula is C15H18FN3O. The van der Waals surface area contributed by atoms with E-state index in [-0.39, 0.29) is 5.82 Å². The predicted octanol–water partition coefficient (Wildman–Crippen LogP) is 3.25. The quantitative estimate of drug-likeness (QED) is 0.879. The van der Waals surface area contributed by atoms with Crippen LogP contribution in [0.1, 0.15) is 19.0 Å². The van der Waals surface area contributed by atoms with Gasteiger partial charge < -0.3 is 10.1 Å². The Bertz CT molecular complexity index is 575. The zero-order valence-corrected chi connectivity index (χ0v) is 11.7. The smallest absolute Gasteiger partial charge is 0.161 e. The lowest BCUT2D eigenvalue weighted by atomic mass is 10.2. The number of hydrogen-bond donors (Lipinski definition) is 1. The van der Waals surface area contributed by atoms with Gasteiger partial charge in [0.25, 0.3) is 0 Å². The van der Waals surface area contributed by atoms with E-state index < -0.39 is 0 Å². The molecule has 1 aromatic carbocycles. The number of halogens is 1. The summed E-state index contributed by atoms with van der Waals surface area (Å²) in [7, 11) is 1.61. The Morgan fingerprint density at radius 2 is 2.10 bits per heavy atom. The maximum absolute atomic E-state index is 13.3. The Balaban J connectivity index is 2.37. The first-order chi connectivity index (χ1) is 9.72. The molecule has 0 saturated heterocycles. The summed E-state index contributed by atoms with van der Waals surface area (Å²) in [5.41, 5.74) is 1.42. The van der Waals surface area contributed by atoms with Crippen LogP contribution in [0, 0.1) is 5.82 Å². The van der Waals surface area contributed by atoms with E-state index in [4.69, 9.17) is 4.74 Å². The summed E-state index contributed by atoms with van der Waals surface area (Å²) < 4.78 is 18.4. The molecule has 1 aromatic heterocycles. The largest absolute Gasteiger partial charge is 0.378 e. The van der Waals surface area contributed by atoms with Gasteiger partial charge in [-0.15, -0.1) is 0 Å². The van der Waals surface area contributed by atoms with Gasteiger partial charge in [0.1, 0.15) is 11.6 Å². The first-order valence-corrected chi connectivity index (χ1v) is 6.59. The Kier molecular flexibility index (Phi) is 5.01. The second-order valence-corrected chi connectivity index (χ2v) is 4.44. The molecule has 20 heavy (non-hydrogen) atoms. The number of rotatable bonds is 6. The van der Waals surface area contributed by atoms with Crippen molar-refractivity contribution in [3.8, 4) is 11.4 Å². The van der Waals surface area contributed by atoms with Crippen LogP contribution >= 0.6 is 0 Å². The number of benzene rings is 1. The van der Waals surface area contributed by atoms with Gasteiger partial charge in [0, 0.05) is 25.3 Å². The molecule has 0 aliphatic heterocycles. The van der Waals surface area contributed by atoms with Crippen molar-refractivity contribution >= 4 is 5.82 Å². The maximum Gasteiger partial charge on any atom is 0.161 e. The Morgan fingerprint density at radius 3 is 2.80 bits per heavy atom. The number of anilines is 1. The van der Waals surface area contributed by atoms with E-state index in [2.05, 4.69) is 22.2 Å². The fourth-order valence-corrected chi connectivity index (χ4v) is 1.82. The zero-order chi connectivity index (χ0) is 14.4. The summed E-state index contributed by atoms with van der Waals surface area (Å²) in [6, 6.07) is 8.12. The molecule has 1 N–H and O–H groups in total. The van der Waals surface area contributed by atoms with Gasteiger partial charge in [-0.3, -0.25) is 0 Å². The highest BCUT2D eigenvalue weighted by atomic mass is 19.1. The third-order valence-corrected chi connectivity index (χ3v) is 2.71. The van der Waals surface area contributed by atoms with Crippen molar-refractivity contribution in [2.75, 3.05) is 19.0 Å². The number of hydrogen-bond acceptors (Lipinski definition) is 4. The summed E-state index contributed by atoms with van der Waals surface area (Å²) >= 11 is 0. The molecule has 2 rings (SSSR count). The van der Waals surface area contributed by atoms with E-state index in [9.17, 15) is 4.39 Å². The molecule has 0 unspecified atom stereocenters. The van der Waals surface area contributed by atoms with Crippen LogP contribution in [0.25, 0.3) is 11.4 Å². The summed E-state index contributed by atoms with van der Waals surface area (Å²) in [5, 5.41) is 3.22. The molecule has 0 aliphatic rings. The molecule has 5 heteroatoms.